The van der Waals surface area contributed by atoms with Crippen LogP contribution in [0.25, 0.3) is 0 Å². The van der Waals surface area contributed by atoms with Crippen molar-refractivity contribution < 1.29 is 14.3 Å². The molecule has 5 heteroatoms. The molecular formula is C14H20N2O3. The zero-order valence-electron chi connectivity index (χ0n) is 11.4. The van der Waals surface area contributed by atoms with Crippen molar-refractivity contribution in [3.63, 3.8) is 0 Å². The van der Waals surface area contributed by atoms with E-state index in [1.807, 2.05) is 24.3 Å². The number of methoxy groups -OCH3 is 1. The van der Waals surface area contributed by atoms with Crippen molar-refractivity contribution in [1.29, 1.82) is 0 Å². The van der Waals surface area contributed by atoms with Crippen molar-refractivity contribution in [3.05, 3.63) is 29.8 Å². The summed E-state index contributed by atoms with van der Waals surface area (Å²) in [5.74, 6) is 0.0299. The third kappa shape index (κ3) is 5.90. The second-order valence-corrected chi connectivity index (χ2v) is 4.19. The van der Waals surface area contributed by atoms with E-state index in [4.69, 9.17) is 0 Å². The molecule has 0 spiro atoms. The first-order valence-corrected chi connectivity index (χ1v) is 6.36. The summed E-state index contributed by atoms with van der Waals surface area (Å²) in [6.45, 7) is 2.45. The summed E-state index contributed by atoms with van der Waals surface area (Å²) in [5, 5.41) is 5.42. The first kappa shape index (κ1) is 15.0. The number of amides is 2. The van der Waals surface area contributed by atoms with Crippen LogP contribution >= 0.6 is 0 Å². The van der Waals surface area contributed by atoms with Gasteiger partial charge in [-0.05, 0) is 24.1 Å². The number of anilines is 1. The molecular weight excluding hydrogens is 244 g/mol. The molecule has 0 radical (unpaired) electrons. The summed E-state index contributed by atoms with van der Waals surface area (Å²) in [6.07, 6.45) is 1.98. The molecule has 0 heterocycles. The number of carbonyl (C=O) groups excluding carboxylic acids is 2. The summed E-state index contributed by atoms with van der Waals surface area (Å²) in [7, 11) is 1.32. The van der Waals surface area contributed by atoms with Gasteiger partial charge in [0.1, 0.15) is 0 Å². The van der Waals surface area contributed by atoms with Crippen molar-refractivity contribution in [2.24, 2.45) is 0 Å². The lowest BCUT2D eigenvalue weighted by molar-refractivity contribution is -0.116. The molecule has 5 nitrogen and oxygen atoms in total. The largest absolute Gasteiger partial charge is 0.453 e. The minimum absolute atomic E-state index is 0.0299. The zero-order chi connectivity index (χ0) is 14.1. The number of rotatable bonds is 6. The van der Waals surface area contributed by atoms with Gasteiger partial charge in [0, 0.05) is 18.7 Å². The van der Waals surface area contributed by atoms with E-state index in [0.29, 0.717) is 13.0 Å². The second kappa shape index (κ2) is 8.13. The smallest absolute Gasteiger partial charge is 0.407 e. The average molecular weight is 264 g/mol. The van der Waals surface area contributed by atoms with Crippen LogP contribution in [0.15, 0.2) is 24.3 Å². The Hall–Kier alpha value is -2.04. The lowest BCUT2D eigenvalue weighted by Gasteiger charge is -2.07. The van der Waals surface area contributed by atoms with Crippen molar-refractivity contribution in [2.45, 2.75) is 32.7 Å². The number of carbonyl (C=O) groups is 2. The summed E-state index contributed by atoms with van der Waals surface area (Å²) < 4.78 is 4.48. The predicted molar refractivity (Wildman–Crippen MR) is 73.8 cm³/mol. The van der Waals surface area contributed by atoms with Gasteiger partial charge in [0.15, 0.2) is 0 Å². The highest BCUT2D eigenvalue weighted by Gasteiger charge is 2.02. The van der Waals surface area contributed by atoms with Crippen LogP contribution in [0, 0.1) is 0 Å². The SMILES string of the molecule is CCCCC(=O)Nc1ccc(CNC(=O)OC)cc1. The molecule has 0 saturated heterocycles. The molecule has 0 atom stereocenters. The van der Waals surface area contributed by atoms with Crippen LogP contribution in [0.3, 0.4) is 0 Å². The van der Waals surface area contributed by atoms with Gasteiger partial charge in [0.25, 0.3) is 0 Å². The zero-order valence-corrected chi connectivity index (χ0v) is 11.4. The first-order valence-electron chi connectivity index (χ1n) is 6.36. The first-order chi connectivity index (χ1) is 9.15. The van der Waals surface area contributed by atoms with Gasteiger partial charge in [-0.3, -0.25) is 4.79 Å². The summed E-state index contributed by atoms with van der Waals surface area (Å²) in [6, 6.07) is 7.34. The fourth-order valence-corrected chi connectivity index (χ4v) is 1.51. The van der Waals surface area contributed by atoms with E-state index >= 15 is 0 Å². The van der Waals surface area contributed by atoms with E-state index in [2.05, 4.69) is 22.3 Å². The summed E-state index contributed by atoms with van der Waals surface area (Å²) in [4.78, 5) is 22.4. The van der Waals surface area contributed by atoms with Crippen LogP contribution in [0.2, 0.25) is 0 Å². The molecule has 1 aromatic carbocycles. The number of benzene rings is 1. The van der Waals surface area contributed by atoms with E-state index in [1.54, 1.807) is 0 Å². The maximum Gasteiger partial charge on any atom is 0.407 e. The van der Waals surface area contributed by atoms with E-state index in [9.17, 15) is 9.59 Å². The van der Waals surface area contributed by atoms with Gasteiger partial charge in [0.05, 0.1) is 7.11 Å². The molecule has 0 bridgehead atoms. The monoisotopic (exact) mass is 264 g/mol. The van der Waals surface area contributed by atoms with E-state index in [-0.39, 0.29) is 5.91 Å². The van der Waals surface area contributed by atoms with Crippen molar-refractivity contribution in [1.82, 2.24) is 5.32 Å². The second-order valence-electron chi connectivity index (χ2n) is 4.19. The Balaban J connectivity index is 2.43. The standard InChI is InChI=1S/C14H20N2O3/c1-3-4-5-13(17)16-12-8-6-11(7-9-12)10-15-14(18)19-2/h6-9H,3-5,10H2,1-2H3,(H,15,18)(H,16,17). The number of hydrogen-bond donors (Lipinski definition) is 2. The molecule has 0 aliphatic carbocycles. The quantitative estimate of drug-likeness (QED) is 0.830. The maximum atomic E-state index is 11.5. The Bertz CT molecular complexity index is 415. The molecule has 1 rings (SSSR count). The van der Waals surface area contributed by atoms with Crippen molar-refractivity contribution in [2.75, 3.05) is 12.4 Å². The van der Waals surface area contributed by atoms with Gasteiger partial charge < -0.3 is 15.4 Å². The maximum absolute atomic E-state index is 11.5. The van der Waals surface area contributed by atoms with Crippen LogP contribution in [-0.4, -0.2) is 19.1 Å². The van der Waals surface area contributed by atoms with Crippen LogP contribution in [0.5, 0.6) is 0 Å². The van der Waals surface area contributed by atoms with Gasteiger partial charge in [-0.15, -0.1) is 0 Å². The topological polar surface area (TPSA) is 67.4 Å². The molecule has 0 fully saturated rings. The highest BCUT2D eigenvalue weighted by Crippen LogP contribution is 2.10. The number of hydrogen-bond acceptors (Lipinski definition) is 3. The van der Waals surface area contributed by atoms with E-state index < -0.39 is 6.09 Å². The molecule has 0 aromatic heterocycles. The molecule has 2 amide bonds. The molecule has 1 aromatic rings. The highest BCUT2D eigenvalue weighted by atomic mass is 16.5. The fraction of sp³-hybridized carbons (Fsp3) is 0.429. The lowest BCUT2D eigenvalue weighted by Crippen LogP contribution is -2.22. The number of ether oxygens (including phenoxy) is 1. The van der Waals surface area contributed by atoms with Gasteiger partial charge >= 0.3 is 6.09 Å². The Morgan fingerprint density at radius 3 is 2.47 bits per heavy atom. The molecule has 104 valence electrons. The van der Waals surface area contributed by atoms with E-state index in [1.165, 1.54) is 7.11 Å². The van der Waals surface area contributed by atoms with Crippen molar-refractivity contribution in [3.8, 4) is 0 Å². The molecule has 2 N–H and O–H groups in total. The van der Waals surface area contributed by atoms with Crippen LogP contribution in [0.4, 0.5) is 10.5 Å². The molecule has 0 aliphatic heterocycles. The van der Waals surface area contributed by atoms with E-state index in [0.717, 1.165) is 24.1 Å². The number of nitrogens with one attached hydrogen (secondary N) is 2. The third-order valence-corrected chi connectivity index (χ3v) is 2.62. The van der Waals surface area contributed by atoms with Gasteiger partial charge in [-0.2, -0.15) is 0 Å². The minimum atomic E-state index is -0.461. The summed E-state index contributed by atoms with van der Waals surface area (Å²) >= 11 is 0. The van der Waals surface area contributed by atoms with Crippen LogP contribution in [-0.2, 0) is 16.1 Å². The number of alkyl carbamates (subject to hydrolysis) is 1. The van der Waals surface area contributed by atoms with Crippen LogP contribution < -0.4 is 10.6 Å². The number of unbranched alkanes of at least 4 members (excludes halogenated alkanes) is 1. The molecule has 19 heavy (non-hydrogen) atoms. The van der Waals surface area contributed by atoms with Gasteiger partial charge in [-0.1, -0.05) is 25.5 Å². The lowest BCUT2D eigenvalue weighted by atomic mass is 10.2. The molecule has 0 unspecified atom stereocenters. The minimum Gasteiger partial charge on any atom is -0.453 e. The Morgan fingerprint density at radius 1 is 1.21 bits per heavy atom. The highest BCUT2D eigenvalue weighted by molar-refractivity contribution is 5.90. The summed E-state index contributed by atoms with van der Waals surface area (Å²) in [5.41, 5.74) is 1.71. The molecule has 0 saturated carbocycles. The van der Waals surface area contributed by atoms with Gasteiger partial charge in [0.2, 0.25) is 5.91 Å². The normalized spacial score (nSPS) is 9.79. The van der Waals surface area contributed by atoms with Gasteiger partial charge in [-0.25, -0.2) is 4.79 Å². The third-order valence-electron chi connectivity index (χ3n) is 2.62. The Kier molecular flexibility index (Phi) is 6.43. The Labute approximate surface area is 113 Å². The van der Waals surface area contributed by atoms with Crippen molar-refractivity contribution >= 4 is 17.7 Å². The van der Waals surface area contributed by atoms with Crippen LogP contribution in [0.1, 0.15) is 31.7 Å². The Morgan fingerprint density at radius 2 is 1.89 bits per heavy atom. The predicted octanol–water partition coefficient (Wildman–Crippen LogP) is 2.67. The average Bonchev–Trinajstić information content (AvgIpc) is 2.44. The molecule has 0 aliphatic rings. The fourth-order valence-electron chi connectivity index (χ4n) is 1.51.